The maximum absolute atomic E-state index is 14.8. The number of halogens is 3. The second-order valence-electron chi connectivity index (χ2n) is 11.6. The third-order valence-corrected chi connectivity index (χ3v) is 11.0. The van der Waals surface area contributed by atoms with Gasteiger partial charge >= 0.3 is 0 Å². The van der Waals surface area contributed by atoms with Crippen molar-refractivity contribution in [2.45, 2.75) is 50.2 Å². The Morgan fingerprint density at radius 3 is 2.08 bits per heavy atom. The van der Waals surface area contributed by atoms with E-state index in [2.05, 4.69) is 5.32 Å². The summed E-state index contributed by atoms with van der Waals surface area (Å²) in [6.07, 6.45) is 0.787. The van der Waals surface area contributed by atoms with Crippen LogP contribution in [0.15, 0.2) is 89.8 Å². The smallest absolute Gasteiger partial charge is 0.265 e. The van der Waals surface area contributed by atoms with E-state index in [4.69, 9.17) is 49.0 Å². The highest BCUT2D eigenvalue weighted by Crippen LogP contribution is 2.37. The molecular weight excluding hydrogens is 737 g/mol. The quantitative estimate of drug-likeness (QED) is 0.126. The Morgan fingerprint density at radius 1 is 0.784 bits per heavy atom. The molecule has 10 nitrogen and oxygen atoms in total. The van der Waals surface area contributed by atoms with Gasteiger partial charge in [0.25, 0.3) is 10.0 Å². The topological polar surface area (TPSA) is 114 Å². The first-order valence-electron chi connectivity index (χ1n) is 16.0. The average molecular weight is 777 g/mol. The molecular formula is C37H40Cl3N3O7S. The number of rotatable bonds is 16. The maximum Gasteiger partial charge on any atom is 0.265 e. The first kappa shape index (κ1) is 39.6. The number of hydrogen-bond acceptors (Lipinski definition) is 7. The average Bonchev–Trinajstić information content (AvgIpc) is 3.13. The number of ether oxygens (including phenoxy) is 3. The minimum atomic E-state index is -4.53. The molecule has 0 saturated heterocycles. The van der Waals surface area contributed by atoms with Gasteiger partial charge in [0.05, 0.1) is 42.0 Å². The zero-order chi connectivity index (χ0) is 37.3. The number of carbonyl (C=O) groups is 2. The number of hydrogen-bond donors (Lipinski definition) is 1. The lowest BCUT2D eigenvalue weighted by Gasteiger charge is -2.34. The molecule has 0 aliphatic rings. The molecule has 2 atom stereocenters. The lowest BCUT2D eigenvalue weighted by molar-refractivity contribution is -0.140. The van der Waals surface area contributed by atoms with Crippen LogP contribution in [0, 0.1) is 0 Å². The summed E-state index contributed by atoms with van der Waals surface area (Å²) < 4.78 is 46.4. The standard InChI is InChI=1S/C37H40Cl3N3O7S/c1-6-24(2)41-37(45)32(19-25-10-8-7-9-11-25)42(22-26-12-15-29(39)30(40)18-26)36(44)23-43(31-20-27(38)13-16-33(31)48-3)51(46,47)28-14-17-34(49-4)35(21-28)50-5/h7-18,20-21,24,32H,6,19,22-23H2,1-5H3,(H,41,45). The van der Waals surface area contributed by atoms with Gasteiger partial charge in [0, 0.05) is 30.1 Å². The van der Waals surface area contributed by atoms with Crippen LogP contribution in [0.4, 0.5) is 5.69 Å². The lowest BCUT2D eigenvalue weighted by atomic mass is 10.0. The number of sulfonamides is 1. The van der Waals surface area contributed by atoms with Gasteiger partial charge in [-0.3, -0.25) is 13.9 Å². The number of amides is 2. The molecule has 51 heavy (non-hydrogen) atoms. The van der Waals surface area contributed by atoms with Gasteiger partial charge in [0.1, 0.15) is 18.3 Å². The van der Waals surface area contributed by atoms with E-state index in [1.165, 1.54) is 56.6 Å². The molecule has 4 aromatic carbocycles. The van der Waals surface area contributed by atoms with Crippen molar-refractivity contribution in [2.24, 2.45) is 0 Å². The summed E-state index contributed by atoms with van der Waals surface area (Å²) >= 11 is 19.0. The maximum atomic E-state index is 14.8. The Hall–Kier alpha value is -4.16. The Morgan fingerprint density at radius 2 is 1.45 bits per heavy atom. The minimum absolute atomic E-state index is 0.00582. The van der Waals surface area contributed by atoms with E-state index < -0.39 is 34.4 Å². The van der Waals surface area contributed by atoms with E-state index in [9.17, 15) is 18.0 Å². The molecule has 0 spiro atoms. The van der Waals surface area contributed by atoms with Crippen LogP contribution in [0.3, 0.4) is 0 Å². The van der Waals surface area contributed by atoms with Crippen LogP contribution in [0.5, 0.6) is 17.2 Å². The zero-order valence-electron chi connectivity index (χ0n) is 28.9. The largest absolute Gasteiger partial charge is 0.495 e. The highest BCUT2D eigenvalue weighted by Gasteiger charge is 2.36. The van der Waals surface area contributed by atoms with Crippen LogP contribution in [-0.4, -0.2) is 65.1 Å². The highest BCUT2D eigenvalue weighted by atomic mass is 35.5. The fraction of sp³-hybridized carbons (Fsp3) is 0.297. The van der Waals surface area contributed by atoms with Gasteiger partial charge in [-0.05, 0) is 66.9 Å². The third kappa shape index (κ3) is 9.79. The van der Waals surface area contributed by atoms with Crippen molar-refractivity contribution in [3.63, 3.8) is 0 Å². The molecule has 0 saturated carbocycles. The van der Waals surface area contributed by atoms with Crippen molar-refractivity contribution >= 4 is 62.3 Å². The van der Waals surface area contributed by atoms with Crippen molar-refractivity contribution in [1.29, 1.82) is 0 Å². The second-order valence-corrected chi connectivity index (χ2v) is 14.8. The minimum Gasteiger partial charge on any atom is -0.495 e. The summed E-state index contributed by atoms with van der Waals surface area (Å²) in [5.74, 6) is -0.483. The van der Waals surface area contributed by atoms with E-state index in [0.717, 1.165) is 9.87 Å². The second kappa shape index (κ2) is 17.9. The van der Waals surface area contributed by atoms with E-state index in [0.29, 0.717) is 22.8 Å². The van der Waals surface area contributed by atoms with Crippen molar-refractivity contribution < 1.29 is 32.2 Å². The van der Waals surface area contributed by atoms with Crippen LogP contribution in [0.1, 0.15) is 31.4 Å². The first-order chi connectivity index (χ1) is 24.3. The van der Waals surface area contributed by atoms with E-state index >= 15 is 0 Å². The Balaban J connectivity index is 1.90. The van der Waals surface area contributed by atoms with Gasteiger partial charge in [-0.15, -0.1) is 0 Å². The predicted molar refractivity (Wildman–Crippen MR) is 201 cm³/mol. The third-order valence-electron chi connectivity index (χ3n) is 8.24. The molecule has 272 valence electrons. The summed E-state index contributed by atoms with van der Waals surface area (Å²) in [5, 5.41) is 3.78. The zero-order valence-corrected chi connectivity index (χ0v) is 31.9. The number of methoxy groups -OCH3 is 3. The van der Waals surface area contributed by atoms with Crippen LogP contribution in [0.2, 0.25) is 15.1 Å². The summed E-state index contributed by atoms with van der Waals surface area (Å²) in [6.45, 7) is 2.96. The molecule has 0 bridgehead atoms. The van der Waals surface area contributed by atoms with E-state index in [1.807, 2.05) is 44.2 Å². The lowest BCUT2D eigenvalue weighted by Crippen LogP contribution is -2.54. The van der Waals surface area contributed by atoms with Crippen molar-refractivity contribution in [3.05, 3.63) is 111 Å². The molecule has 0 radical (unpaired) electrons. The molecule has 0 aliphatic carbocycles. The van der Waals surface area contributed by atoms with Crippen LogP contribution >= 0.6 is 34.8 Å². The van der Waals surface area contributed by atoms with Crippen LogP contribution in [0.25, 0.3) is 0 Å². The van der Waals surface area contributed by atoms with Crippen molar-refractivity contribution in [2.75, 3.05) is 32.2 Å². The number of nitrogens with zero attached hydrogens (tertiary/aromatic N) is 2. The number of benzene rings is 4. The van der Waals surface area contributed by atoms with Gasteiger partial charge in [-0.2, -0.15) is 0 Å². The molecule has 4 rings (SSSR count). The molecule has 0 aliphatic heterocycles. The summed E-state index contributed by atoms with van der Waals surface area (Å²) in [5.41, 5.74) is 1.37. The molecule has 4 aromatic rings. The normalized spacial score (nSPS) is 12.4. The number of nitrogens with one attached hydrogen (secondary N) is 1. The molecule has 14 heteroatoms. The molecule has 2 unspecified atom stereocenters. The molecule has 1 N–H and O–H groups in total. The SMILES string of the molecule is CCC(C)NC(=O)C(Cc1ccccc1)N(Cc1ccc(Cl)c(Cl)c1)C(=O)CN(c1cc(Cl)ccc1OC)S(=O)(=O)c1ccc(OC)c(OC)c1. The monoisotopic (exact) mass is 775 g/mol. The molecule has 2 amide bonds. The fourth-order valence-electron chi connectivity index (χ4n) is 5.31. The molecule has 0 aromatic heterocycles. The Bertz CT molecular complexity index is 1950. The van der Waals surface area contributed by atoms with Crippen molar-refractivity contribution in [1.82, 2.24) is 10.2 Å². The number of carbonyl (C=O) groups excluding carboxylic acids is 2. The van der Waals surface area contributed by atoms with Gasteiger partial charge in [0.15, 0.2) is 11.5 Å². The summed E-state index contributed by atoms with van der Waals surface area (Å²) in [6, 6.07) is 21.4. The fourth-order valence-corrected chi connectivity index (χ4v) is 7.22. The van der Waals surface area contributed by atoms with E-state index in [1.54, 1.807) is 24.3 Å². The summed E-state index contributed by atoms with van der Waals surface area (Å²) in [7, 11) is -0.341. The first-order valence-corrected chi connectivity index (χ1v) is 18.6. The Kier molecular flexibility index (Phi) is 13.9. The van der Waals surface area contributed by atoms with Gasteiger partial charge in [-0.1, -0.05) is 78.1 Å². The molecule has 0 fully saturated rings. The number of anilines is 1. The predicted octanol–water partition coefficient (Wildman–Crippen LogP) is 7.42. The van der Waals surface area contributed by atoms with E-state index in [-0.39, 0.29) is 51.1 Å². The molecule has 0 heterocycles. The van der Waals surface area contributed by atoms with Gasteiger partial charge < -0.3 is 24.4 Å². The van der Waals surface area contributed by atoms with Crippen molar-refractivity contribution in [3.8, 4) is 17.2 Å². The van der Waals surface area contributed by atoms with Crippen LogP contribution in [-0.2, 0) is 32.6 Å². The summed E-state index contributed by atoms with van der Waals surface area (Å²) in [4.78, 5) is 30.1. The highest BCUT2D eigenvalue weighted by molar-refractivity contribution is 7.92. The van der Waals surface area contributed by atoms with Gasteiger partial charge in [0.2, 0.25) is 11.8 Å². The van der Waals surface area contributed by atoms with Crippen LogP contribution < -0.4 is 23.8 Å². The Labute approximate surface area is 314 Å². The van der Waals surface area contributed by atoms with Gasteiger partial charge in [-0.25, -0.2) is 8.42 Å².